The molecule has 1 aliphatic carbocycles. The number of morpholine rings is 1. The maximum atomic E-state index is 12.4. The number of aryl methyl sites for hydroxylation is 1. The SMILES string of the molecule is Cn1cc(-c2ccc(N3CCC(c4ccc(OCCN5CCOCC5)cc4)CC3)nc2)c2c(c1=O)CC=C2. The smallest absolute Gasteiger partial charge is 0.254 e. The van der Waals surface area contributed by atoms with Crippen LogP contribution in [0, 0.1) is 0 Å². The molecule has 38 heavy (non-hydrogen) atoms. The number of hydrogen-bond acceptors (Lipinski definition) is 6. The van der Waals surface area contributed by atoms with Gasteiger partial charge in [-0.25, -0.2) is 4.98 Å². The second kappa shape index (κ2) is 11.1. The van der Waals surface area contributed by atoms with E-state index in [2.05, 4.69) is 58.4 Å². The van der Waals surface area contributed by atoms with E-state index in [1.54, 1.807) is 4.57 Å². The molecule has 0 atom stereocenters. The standard InChI is InChI=1S/C31H36N4O3/c1-33-22-29(27-3-2-4-28(27)31(33)36)25-7-10-30(32-21-25)35-13-11-24(12-14-35)23-5-8-26(9-6-23)38-20-17-34-15-18-37-19-16-34/h2-3,5-10,21-22,24H,4,11-20H2,1H3. The van der Waals surface area contributed by atoms with Crippen molar-refractivity contribution in [2.75, 3.05) is 57.4 Å². The van der Waals surface area contributed by atoms with Crippen molar-refractivity contribution in [3.8, 4) is 16.9 Å². The van der Waals surface area contributed by atoms with E-state index in [0.29, 0.717) is 18.9 Å². The van der Waals surface area contributed by atoms with E-state index in [1.165, 1.54) is 5.56 Å². The molecule has 2 saturated heterocycles. The molecule has 0 unspecified atom stereocenters. The van der Waals surface area contributed by atoms with Gasteiger partial charge in [0.15, 0.2) is 0 Å². The summed E-state index contributed by atoms with van der Waals surface area (Å²) in [5, 5.41) is 0. The van der Waals surface area contributed by atoms with Crippen LogP contribution in [0.15, 0.2) is 59.7 Å². The Kier molecular flexibility index (Phi) is 7.29. The van der Waals surface area contributed by atoms with Gasteiger partial charge in [0.05, 0.1) is 13.2 Å². The van der Waals surface area contributed by atoms with Crippen LogP contribution in [0.25, 0.3) is 17.2 Å². The van der Waals surface area contributed by atoms with Crippen LogP contribution in [0.3, 0.4) is 0 Å². The molecule has 0 spiro atoms. The lowest BCUT2D eigenvalue weighted by Gasteiger charge is -2.33. The molecule has 2 aliphatic heterocycles. The van der Waals surface area contributed by atoms with E-state index in [-0.39, 0.29) is 5.56 Å². The van der Waals surface area contributed by atoms with Crippen LogP contribution in [0.4, 0.5) is 5.82 Å². The number of aromatic nitrogens is 2. The largest absolute Gasteiger partial charge is 0.492 e. The highest BCUT2D eigenvalue weighted by Gasteiger charge is 2.22. The number of benzene rings is 1. The molecular weight excluding hydrogens is 476 g/mol. The van der Waals surface area contributed by atoms with E-state index in [9.17, 15) is 4.79 Å². The molecular formula is C31H36N4O3. The van der Waals surface area contributed by atoms with Crippen LogP contribution in [0.2, 0.25) is 0 Å². The van der Waals surface area contributed by atoms with Crippen LogP contribution < -0.4 is 15.2 Å². The summed E-state index contributed by atoms with van der Waals surface area (Å²) >= 11 is 0. The number of piperidine rings is 1. The van der Waals surface area contributed by atoms with Gasteiger partial charge in [-0.05, 0) is 60.6 Å². The Morgan fingerprint density at radius 3 is 2.55 bits per heavy atom. The molecule has 2 aromatic heterocycles. The average molecular weight is 513 g/mol. The second-order valence-electron chi connectivity index (χ2n) is 10.5. The third-order valence-corrected chi connectivity index (χ3v) is 8.13. The molecule has 0 amide bonds. The Bertz CT molecular complexity index is 1330. The van der Waals surface area contributed by atoms with E-state index in [1.807, 2.05) is 19.4 Å². The monoisotopic (exact) mass is 512 g/mol. The Morgan fingerprint density at radius 2 is 1.82 bits per heavy atom. The predicted octanol–water partition coefficient (Wildman–Crippen LogP) is 4.11. The van der Waals surface area contributed by atoms with Crippen molar-refractivity contribution in [1.29, 1.82) is 0 Å². The lowest BCUT2D eigenvalue weighted by molar-refractivity contribution is 0.0322. The van der Waals surface area contributed by atoms with Crippen molar-refractivity contribution in [2.45, 2.75) is 25.2 Å². The molecule has 2 fully saturated rings. The molecule has 1 aromatic carbocycles. The van der Waals surface area contributed by atoms with Gasteiger partial charge >= 0.3 is 0 Å². The summed E-state index contributed by atoms with van der Waals surface area (Å²) in [6.45, 7) is 7.29. The number of ether oxygens (including phenoxy) is 2. The molecule has 0 saturated carbocycles. The third-order valence-electron chi connectivity index (χ3n) is 8.13. The number of rotatable bonds is 7. The molecule has 7 heteroatoms. The quantitative estimate of drug-likeness (QED) is 0.475. The first kappa shape index (κ1) is 24.9. The summed E-state index contributed by atoms with van der Waals surface area (Å²) < 4.78 is 13.1. The summed E-state index contributed by atoms with van der Waals surface area (Å²) in [6, 6.07) is 13.0. The number of anilines is 1. The van der Waals surface area contributed by atoms with Crippen LogP contribution in [-0.4, -0.2) is 67.0 Å². The summed E-state index contributed by atoms with van der Waals surface area (Å²) in [7, 11) is 1.82. The number of hydrogen-bond donors (Lipinski definition) is 0. The highest BCUT2D eigenvalue weighted by atomic mass is 16.5. The zero-order valence-electron chi connectivity index (χ0n) is 22.1. The summed E-state index contributed by atoms with van der Waals surface area (Å²) in [4.78, 5) is 22.0. The zero-order chi connectivity index (χ0) is 25.9. The highest BCUT2D eigenvalue weighted by Crippen LogP contribution is 2.33. The van der Waals surface area contributed by atoms with Crippen molar-refractivity contribution in [1.82, 2.24) is 14.5 Å². The minimum absolute atomic E-state index is 0.0899. The maximum absolute atomic E-state index is 12.4. The van der Waals surface area contributed by atoms with Crippen molar-refractivity contribution in [2.24, 2.45) is 7.05 Å². The summed E-state index contributed by atoms with van der Waals surface area (Å²) in [5.41, 5.74) is 5.52. The fraction of sp³-hybridized carbons (Fsp3) is 0.419. The Balaban J connectivity index is 1.03. The fourth-order valence-electron chi connectivity index (χ4n) is 5.85. The predicted molar refractivity (Wildman–Crippen MR) is 151 cm³/mol. The molecule has 7 nitrogen and oxygen atoms in total. The van der Waals surface area contributed by atoms with Crippen molar-refractivity contribution < 1.29 is 9.47 Å². The molecule has 4 heterocycles. The molecule has 0 radical (unpaired) electrons. The van der Waals surface area contributed by atoms with Gasteiger partial charge in [-0.2, -0.15) is 0 Å². The molecule has 0 N–H and O–H groups in total. The molecule has 6 rings (SSSR count). The van der Waals surface area contributed by atoms with Gasteiger partial charge < -0.3 is 18.9 Å². The molecule has 198 valence electrons. The van der Waals surface area contributed by atoms with Gasteiger partial charge in [0.1, 0.15) is 18.2 Å². The lowest BCUT2D eigenvalue weighted by atomic mass is 9.89. The first-order chi connectivity index (χ1) is 18.7. The summed E-state index contributed by atoms with van der Waals surface area (Å²) in [6.07, 6.45) is 10.9. The van der Waals surface area contributed by atoms with Crippen LogP contribution >= 0.6 is 0 Å². The van der Waals surface area contributed by atoms with Gasteiger partial charge in [0.25, 0.3) is 5.56 Å². The first-order valence-corrected chi connectivity index (χ1v) is 13.8. The number of fused-ring (bicyclic) bond motifs is 1. The number of allylic oxidation sites excluding steroid dienone is 1. The lowest BCUT2D eigenvalue weighted by Crippen LogP contribution is -2.38. The van der Waals surface area contributed by atoms with Gasteiger partial charge in [0.2, 0.25) is 0 Å². The van der Waals surface area contributed by atoms with Crippen LogP contribution in [0.5, 0.6) is 5.75 Å². The zero-order valence-corrected chi connectivity index (χ0v) is 22.1. The van der Waals surface area contributed by atoms with Gasteiger partial charge in [-0.3, -0.25) is 9.69 Å². The van der Waals surface area contributed by atoms with Crippen molar-refractivity contribution >= 4 is 11.9 Å². The van der Waals surface area contributed by atoms with Gasteiger partial charge in [0, 0.05) is 68.9 Å². The molecule has 3 aliphatic rings. The molecule has 3 aromatic rings. The van der Waals surface area contributed by atoms with Crippen molar-refractivity contribution in [3.63, 3.8) is 0 Å². The topological polar surface area (TPSA) is 59.8 Å². The van der Waals surface area contributed by atoms with Crippen molar-refractivity contribution in [3.05, 3.63) is 81.9 Å². The van der Waals surface area contributed by atoms with E-state index in [0.717, 1.165) is 92.6 Å². The number of nitrogens with zero attached hydrogens (tertiary/aromatic N) is 4. The van der Waals surface area contributed by atoms with E-state index < -0.39 is 0 Å². The second-order valence-corrected chi connectivity index (χ2v) is 10.5. The third kappa shape index (κ3) is 5.26. The average Bonchev–Trinajstić information content (AvgIpc) is 3.47. The Labute approximate surface area is 224 Å². The van der Waals surface area contributed by atoms with E-state index in [4.69, 9.17) is 14.5 Å². The number of pyridine rings is 2. The summed E-state index contributed by atoms with van der Waals surface area (Å²) in [5.74, 6) is 2.53. The van der Waals surface area contributed by atoms with Crippen LogP contribution in [-0.2, 0) is 18.2 Å². The normalized spacial score (nSPS) is 18.1. The fourth-order valence-corrected chi connectivity index (χ4v) is 5.85. The van der Waals surface area contributed by atoms with Gasteiger partial charge in [-0.1, -0.05) is 24.3 Å². The Morgan fingerprint density at radius 1 is 1.03 bits per heavy atom. The van der Waals surface area contributed by atoms with Crippen LogP contribution in [0.1, 0.15) is 35.4 Å². The first-order valence-electron chi connectivity index (χ1n) is 13.8. The van der Waals surface area contributed by atoms with Gasteiger partial charge in [-0.15, -0.1) is 0 Å². The Hall–Kier alpha value is -3.42. The highest BCUT2D eigenvalue weighted by molar-refractivity contribution is 5.78. The maximum Gasteiger partial charge on any atom is 0.254 e. The minimum Gasteiger partial charge on any atom is -0.492 e. The van der Waals surface area contributed by atoms with E-state index >= 15 is 0 Å². The molecule has 0 bridgehead atoms. The minimum atomic E-state index is 0.0899.